The molecule has 18 heavy (non-hydrogen) atoms. The molecule has 0 aromatic carbocycles. The fraction of sp³-hybridized carbons (Fsp3) is 0.462. The molecular formula is C13H19N3OS. The number of hydrogen-bond donors (Lipinski definition) is 1. The third-order valence-electron chi connectivity index (χ3n) is 2.56. The van der Waals surface area contributed by atoms with Gasteiger partial charge in [-0.3, -0.25) is 4.68 Å². The highest BCUT2D eigenvalue weighted by Crippen LogP contribution is 2.19. The number of aromatic nitrogens is 2. The Balaban J connectivity index is 1.89. The van der Waals surface area contributed by atoms with Gasteiger partial charge in [-0.2, -0.15) is 5.10 Å². The number of nitrogens with zero attached hydrogens (tertiary/aromatic N) is 2. The lowest BCUT2D eigenvalue weighted by Crippen LogP contribution is -2.02. The van der Waals surface area contributed by atoms with E-state index in [0.717, 1.165) is 12.3 Å². The summed E-state index contributed by atoms with van der Waals surface area (Å²) in [6, 6.07) is 4.62. The van der Waals surface area contributed by atoms with Crippen LogP contribution in [-0.4, -0.2) is 16.8 Å². The van der Waals surface area contributed by atoms with Gasteiger partial charge in [-0.15, -0.1) is 11.3 Å². The predicted molar refractivity (Wildman–Crippen MR) is 74.0 cm³/mol. The highest BCUT2D eigenvalue weighted by Gasteiger charge is 2.04. The van der Waals surface area contributed by atoms with Crippen LogP contribution in [0.1, 0.15) is 29.6 Å². The van der Waals surface area contributed by atoms with E-state index >= 15 is 0 Å². The molecule has 0 unspecified atom stereocenters. The molecule has 0 radical (unpaired) electrons. The SMILES string of the molecule is CNCc1ccc(COc2cnn(C(C)C)c2)s1. The van der Waals surface area contributed by atoms with Crippen molar-refractivity contribution in [2.45, 2.75) is 33.0 Å². The lowest BCUT2D eigenvalue weighted by molar-refractivity contribution is 0.309. The van der Waals surface area contributed by atoms with E-state index in [9.17, 15) is 0 Å². The van der Waals surface area contributed by atoms with E-state index in [4.69, 9.17) is 4.74 Å². The first kappa shape index (κ1) is 13.1. The first-order valence-corrected chi connectivity index (χ1v) is 6.90. The molecule has 0 aliphatic carbocycles. The minimum absolute atomic E-state index is 0.367. The van der Waals surface area contributed by atoms with Crippen LogP contribution in [0.2, 0.25) is 0 Å². The van der Waals surface area contributed by atoms with Gasteiger partial charge < -0.3 is 10.1 Å². The van der Waals surface area contributed by atoms with Crippen LogP contribution >= 0.6 is 11.3 Å². The summed E-state index contributed by atoms with van der Waals surface area (Å²) in [4.78, 5) is 2.56. The smallest absolute Gasteiger partial charge is 0.157 e. The van der Waals surface area contributed by atoms with Gasteiger partial charge in [-0.25, -0.2) is 0 Å². The Labute approximate surface area is 112 Å². The van der Waals surface area contributed by atoms with Crippen molar-refractivity contribution in [1.82, 2.24) is 15.1 Å². The molecule has 4 nitrogen and oxygen atoms in total. The molecule has 0 saturated carbocycles. The Kier molecular flexibility index (Phi) is 4.38. The van der Waals surface area contributed by atoms with Gasteiger partial charge in [0.25, 0.3) is 0 Å². The van der Waals surface area contributed by atoms with E-state index in [2.05, 4.69) is 36.4 Å². The van der Waals surface area contributed by atoms with Gasteiger partial charge >= 0.3 is 0 Å². The molecule has 98 valence electrons. The van der Waals surface area contributed by atoms with Crippen molar-refractivity contribution in [3.63, 3.8) is 0 Å². The number of rotatable bonds is 6. The molecule has 0 aliphatic heterocycles. The molecule has 2 aromatic rings. The van der Waals surface area contributed by atoms with Crippen LogP contribution in [0, 0.1) is 0 Å². The third-order valence-corrected chi connectivity index (χ3v) is 3.62. The van der Waals surface area contributed by atoms with Crippen LogP contribution in [0.4, 0.5) is 0 Å². The summed E-state index contributed by atoms with van der Waals surface area (Å²) in [5.41, 5.74) is 0. The highest BCUT2D eigenvalue weighted by atomic mass is 32.1. The molecule has 5 heteroatoms. The first-order chi connectivity index (χ1) is 8.69. The second kappa shape index (κ2) is 6.02. The van der Waals surface area contributed by atoms with Crippen molar-refractivity contribution < 1.29 is 4.74 Å². The maximum atomic E-state index is 5.72. The second-order valence-electron chi connectivity index (χ2n) is 4.44. The largest absolute Gasteiger partial charge is 0.485 e. The van der Waals surface area contributed by atoms with Crippen molar-refractivity contribution >= 4 is 11.3 Å². The lowest BCUT2D eigenvalue weighted by atomic mass is 10.4. The summed E-state index contributed by atoms with van der Waals surface area (Å²) in [5.74, 6) is 0.826. The molecule has 0 fully saturated rings. The van der Waals surface area contributed by atoms with Crippen LogP contribution in [0.3, 0.4) is 0 Å². The summed E-state index contributed by atoms with van der Waals surface area (Å²) in [6.45, 7) is 5.72. The van der Waals surface area contributed by atoms with Crippen molar-refractivity contribution in [2.75, 3.05) is 7.05 Å². The van der Waals surface area contributed by atoms with E-state index in [1.165, 1.54) is 9.75 Å². The number of thiophene rings is 1. The summed E-state index contributed by atoms with van der Waals surface area (Å²) in [6.07, 6.45) is 3.70. The Morgan fingerprint density at radius 1 is 1.39 bits per heavy atom. The van der Waals surface area contributed by atoms with Crippen LogP contribution in [0.5, 0.6) is 5.75 Å². The fourth-order valence-corrected chi connectivity index (χ4v) is 2.54. The number of nitrogens with one attached hydrogen (secondary N) is 1. The molecule has 2 rings (SSSR count). The molecule has 0 atom stereocenters. The van der Waals surface area contributed by atoms with E-state index in [1.54, 1.807) is 17.5 Å². The molecule has 2 aromatic heterocycles. The predicted octanol–water partition coefficient (Wildman–Crippen LogP) is 2.82. The zero-order chi connectivity index (χ0) is 13.0. The summed E-state index contributed by atoms with van der Waals surface area (Å²) in [5, 5.41) is 7.39. The average molecular weight is 265 g/mol. The van der Waals surface area contributed by atoms with E-state index < -0.39 is 0 Å². The quantitative estimate of drug-likeness (QED) is 0.873. The molecule has 0 aliphatic rings. The van der Waals surface area contributed by atoms with Gasteiger partial charge in [0.05, 0.1) is 12.4 Å². The molecular weight excluding hydrogens is 246 g/mol. The third kappa shape index (κ3) is 3.34. The molecule has 0 saturated heterocycles. The molecule has 1 N–H and O–H groups in total. The van der Waals surface area contributed by atoms with Gasteiger partial charge in [0.1, 0.15) is 6.61 Å². The number of ether oxygens (including phenoxy) is 1. The van der Waals surface area contributed by atoms with Crippen LogP contribution < -0.4 is 10.1 Å². The van der Waals surface area contributed by atoms with Gasteiger partial charge in [0.2, 0.25) is 0 Å². The van der Waals surface area contributed by atoms with Crippen LogP contribution in [0.25, 0.3) is 0 Å². The minimum atomic E-state index is 0.367. The second-order valence-corrected chi connectivity index (χ2v) is 5.69. The zero-order valence-corrected chi connectivity index (χ0v) is 11.8. The Morgan fingerprint density at radius 3 is 2.83 bits per heavy atom. The maximum absolute atomic E-state index is 5.72. The van der Waals surface area contributed by atoms with Crippen molar-refractivity contribution in [3.05, 3.63) is 34.3 Å². The minimum Gasteiger partial charge on any atom is -0.485 e. The Hall–Kier alpha value is -1.33. The number of hydrogen-bond acceptors (Lipinski definition) is 4. The fourth-order valence-electron chi connectivity index (χ4n) is 1.60. The van der Waals surface area contributed by atoms with Crippen molar-refractivity contribution in [3.8, 4) is 5.75 Å². The lowest BCUT2D eigenvalue weighted by Gasteiger charge is -2.03. The summed E-state index contributed by atoms with van der Waals surface area (Å²) >= 11 is 1.78. The van der Waals surface area contributed by atoms with Gasteiger partial charge in [0, 0.05) is 22.3 Å². The van der Waals surface area contributed by atoms with Gasteiger partial charge in [-0.05, 0) is 33.0 Å². The molecule has 0 spiro atoms. The standard InChI is InChI=1S/C13H19N3OS/c1-10(2)16-8-11(6-15-16)17-9-13-5-4-12(18-13)7-14-3/h4-6,8,10,14H,7,9H2,1-3H3. The van der Waals surface area contributed by atoms with Crippen LogP contribution in [-0.2, 0) is 13.2 Å². The average Bonchev–Trinajstić information content (AvgIpc) is 2.95. The highest BCUT2D eigenvalue weighted by molar-refractivity contribution is 7.11. The maximum Gasteiger partial charge on any atom is 0.157 e. The summed E-state index contributed by atoms with van der Waals surface area (Å²) < 4.78 is 7.62. The molecule has 2 heterocycles. The van der Waals surface area contributed by atoms with Crippen LogP contribution in [0.15, 0.2) is 24.5 Å². The Bertz CT molecular complexity index is 490. The first-order valence-electron chi connectivity index (χ1n) is 6.08. The van der Waals surface area contributed by atoms with Gasteiger partial charge in [0.15, 0.2) is 5.75 Å². The molecule has 0 bridgehead atoms. The van der Waals surface area contributed by atoms with Crippen molar-refractivity contribution in [2.24, 2.45) is 0 Å². The zero-order valence-electron chi connectivity index (χ0n) is 11.0. The van der Waals surface area contributed by atoms with E-state index in [0.29, 0.717) is 12.6 Å². The monoisotopic (exact) mass is 265 g/mol. The van der Waals surface area contributed by atoms with E-state index in [1.807, 2.05) is 17.9 Å². The van der Waals surface area contributed by atoms with Crippen molar-refractivity contribution in [1.29, 1.82) is 0 Å². The summed E-state index contributed by atoms with van der Waals surface area (Å²) in [7, 11) is 1.95. The van der Waals surface area contributed by atoms with Gasteiger partial charge in [-0.1, -0.05) is 0 Å². The normalized spacial score (nSPS) is 11.1. The molecule has 0 amide bonds. The topological polar surface area (TPSA) is 39.1 Å². The van der Waals surface area contributed by atoms with E-state index in [-0.39, 0.29) is 0 Å². The Morgan fingerprint density at radius 2 is 2.17 bits per heavy atom.